The first-order valence-corrected chi connectivity index (χ1v) is 8.69. The molecule has 2 aliphatic heterocycles. The van der Waals surface area contributed by atoms with Crippen LogP contribution in [0.5, 0.6) is 0 Å². The van der Waals surface area contributed by atoms with Crippen LogP contribution < -0.4 is 5.32 Å². The smallest absolute Gasteiger partial charge is 0.321 e. The number of carbonyl (C=O) groups is 2. The minimum absolute atomic E-state index is 0.118. The van der Waals surface area contributed by atoms with Gasteiger partial charge in [0.05, 0.1) is 19.1 Å². The van der Waals surface area contributed by atoms with Crippen molar-refractivity contribution in [2.24, 2.45) is 5.92 Å². The van der Waals surface area contributed by atoms with E-state index in [1.54, 1.807) is 29.2 Å². The summed E-state index contributed by atoms with van der Waals surface area (Å²) in [6, 6.07) is 6.83. The fraction of sp³-hybridized carbons (Fsp3) is 0.529. The summed E-state index contributed by atoms with van der Waals surface area (Å²) in [6.45, 7) is 3.62. The minimum atomic E-state index is -0.170. The highest BCUT2D eigenvalue weighted by atomic mass is 35.5. The van der Waals surface area contributed by atoms with Crippen LogP contribution in [0.15, 0.2) is 24.3 Å². The number of amides is 3. The lowest BCUT2D eigenvalue weighted by Crippen LogP contribution is -2.50. The van der Waals surface area contributed by atoms with Gasteiger partial charge in [0.1, 0.15) is 0 Å². The Kier molecular flexibility index (Phi) is 5.58. The predicted octanol–water partition coefficient (Wildman–Crippen LogP) is 2.44. The molecule has 0 bridgehead atoms. The Hall–Kier alpha value is -1.79. The lowest BCUT2D eigenvalue weighted by Gasteiger charge is -2.36. The normalized spacial score (nSPS) is 21.5. The summed E-state index contributed by atoms with van der Waals surface area (Å²) in [5, 5.41) is 3.49. The van der Waals surface area contributed by atoms with Gasteiger partial charge in [-0.1, -0.05) is 11.6 Å². The summed E-state index contributed by atoms with van der Waals surface area (Å²) < 4.78 is 5.29. The first-order valence-electron chi connectivity index (χ1n) is 8.31. The number of carbonyl (C=O) groups excluding carboxylic acids is 2. The Labute approximate surface area is 146 Å². The molecule has 0 aliphatic carbocycles. The molecule has 2 saturated heterocycles. The maximum absolute atomic E-state index is 12.6. The van der Waals surface area contributed by atoms with Crippen LogP contribution in [0.2, 0.25) is 5.02 Å². The molecule has 2 heterocycles. The van der Waals surface area contributed by atoms with E-state index in [1.165, 1.54) is 0 Å². The number of hydrogen-bond acceptors (Lipinski definition) is 3. The average Bonchev–Trinajstić information content (AvgIpc) is 2.64. The Bertz CT molecular complexity index is 587. The molecule has 0 spiro atoms. The van der Waals surface area contributed by atoms with Crippen molar-refractivity contribution in [2.45, 2.75) is 12.8 Å². The molecule has 1 aromatic carbocycles. The number of rotatable bonds is 2. The maximum Gasteiger partial charge on any atom is 0.321 e. The molecule has 7 heteroatoms. The number of hydrogen-bond donors (Lipinski definition) is 1. The van der Waals surface area contributed by atoms with E-state index >= 15 is 0 Å². The highest BCUT2D eigenvalue weighted by Gasteiger charge is 2.31. The molecule has 0 unspecified atom stereocenters. The quantitative estimate of drug-likeness (QED) is 0.890. The van der Waals surface area contributed by atoms with Gasteiger partial charge in [0.25, 0.3) is 0 Å². The van der Waals surface area contributed by atoms with E-state index in [4.69, 9.17) is 16.3 Å². The van der Waals surface area contributed by atoms with E-state index in [9.17, 15) is 9.59 Å². The zero-order valence-electron chi connectivity index (χ0n) is 13.5. The number of anilines is 1. The molecule has 1 aromatic rings. The van der Waals surface area contributed by atoms with Gasteiger partial charge in [-0.2, -0.15) is 0 Å². The van der Waals surface area contributed by atoms with Crippen LogP contribution in [0.25, 0.3) is 0 Å². The van der Waals surface area contributed by atoms with Crippen LogP contribution in [0.4, 0.5) is 10.5 Å². The molecule has 2 aliphatic rings. The van der Waals surface area contributed by atoms with E-state index in [0.717, 1.165) is 12.8 Å². The highest BCUT2D eigenvalue weighted by Crippen LogP contribution is 2.21. The van der Waals surface area contributed by atoms with E-state index in [1.807, 2.05) is 4.90 Å². The van der Waals surface area contributed by atoms with E-state index in [2.05, 4.69) is 5.32 Å². The van der Waals surface area contributed by atoms with Crippen LogP contribution in [-0.2, 0) is 9.53 Å². The second-order valence-corrected chi connectivity index (χ2v) is 6.60. The number of likely N-dealkylation sites (tertiary alicyclic amines) is 1. The topological polar surface area (TPSA) is 61.9 Å². The van der Waals surface area contributed by atoms with Crippen molar-refractivity contribution in [3.8, 4) is 0 Å². The van der Waals surface area contributed by atoms with Crippen molar-refractivity contribution in [1.29, 1.82) is 0 Å². The van der Waals surface area contributed by atoms with E-state index < -0.39 is 0 Å². The second kappa shape index (κ2) is 7.85. The molecule has 2 fully saturated rings. The predicted molar refractivity (Wildman–Crippen MR) is 92.2 cm³/mol. The summed E-state index contributed by atoms with van der Waals surface area (Å²) >= 11 is 5.85. The van der Waals surface area contributed by atoms with Crippen molar-refractivity contribution in [3.63, 3.8) is 0 Å². The van der Waals surface area contributed by atoms with Gasteiger partial charge in [0, 0.05) is 36.9 Å². The zero-order chi connectivity index (χ0) is 16.9. The Morgan fingerprint density at radius 2 is 1.79 bits per heavy atom. The standard InChI is InChI=1S/C17H22ClN3O3/c18-14-3-5-15(6-4-14)19-17(23)21-7-1-2-13(12-21)16(22)20-8-10-24-11-9-20/h3-6,13H,1-2,7-12H2,(H,19,23)/t13-/m0/s1. The van der Waals surface area contributed by atoms with Gasteiger partial charge in [-0.25, -0.2) is 4.79 Å². The summed E-state index contributed by atoms with van der Waals surface area (Å²) in [5.74, 6) is 0.0233. The second-order valence-electron chi connectivity index (χ2n) is 6.16. The van der Waals surface area contributed by atoms with Crippen LogP contribution in [-0.4, -0.2) is 61.1 Å². The van der Waals surface area contributed by atoms with Gasteiger partial charge in [-0.3, -0.25) is 4.79 Å². The van der Waals surface area contributed by atoms with Crippen LogP contribution in [0.1, 0.15) is 12.8 Å². The molecular weight excluding hydrogens is 330 g/mol. The Balaban J connectivity index is 1.57. The molecular formula is C17H22ClN3O3. The third-order valence-electron chi connectivity index (χ3n) is 4.48. The van der Waals surface area contributed by atoms with E-state index in [0.29, 0.717) is 50.1 Å². The lowest BCUT2D eigenvalue weighted by molar-refractivity contribution is -0.141. The van der Waals surface area contributed by atoms with Crippen molar-refractivity contribution in [1.82, 2.24) is 9.80 Å². The van der Waals surface area contributed by atoms with Crippen molar-refractivity contribution >= 4 is 29.2 Å². The van der Waals surface area contributed by atoms with Gasteiger partial charge in [-0.15, -0.1) is 0 Å². The Morgan fingerprint density at radius 1 is 1.08 bits per heavy atom. The summed E-state index contributed by atoms with van der Waals surface area (Å²) in [4.78, 5) is 28.6. The number of halogens is 1. The first-order chi connectivity index (χ1) is 11.6. The molecule has 0 aromatic heterocycles. The summed E-state index contributed by atoms with van der Waals surface area (Å²) in [7, 11) is 0. The average molecular weight is 352 g/mol. The van der Waals surface area contributed by atoms with Crippen molar-refractivity contribution in [3.05, 3.63) is 29.3 Å². The molecule has 6 nitrogen and oxygen atoms in total. The first kappa shape index (κ1) is 17.0. The monoisotopic (exact) mass is 351 g/mol. The number of nitrogens with one attached hydrogen (secondary N) is 1. The largest absolute Gasteiger partial charge is 0.378 e. The number of piperidine rings is 1. The number of benzene rings is 1. The molecule has 0 radical (unpaired) electrons. The molecule has 3 amide bonds. The minimum Gasteiger partial charge on any atom is -0.378 e. The van der Waals surface area contributed by atoms with Crippen molar-refractivity contribution < 1.29 is 14.3 Å². The third-order valence-corrected chi connectivity index (χ3v) is 4.73. The van der Waals surface area contributed by atoms with Gasteiger partial charge in [0.2, 0.25) is 5.91 Å². The van der Waals surface area contributed by atoms with Crippen LogP contribution in [0, 0.1) is 5.92 Å². The SMILES string of the molecule is O=C(Nc1ccc(Cl)cc1)N1CCC[C@H](C(=O)N2CCOCC2)C1. The fourth-order valence-electron chi connectivity index (χ4n) is 3.14. The summed E-state index contributed by atoms with van der Waals surface area (Å²) in [6.07, 6.45) is 1.68. The number of ether oxygens (including phenoxy) is 1. The van der Waals surface area contributed by atoms with E-state index in [-0.39, 0.29) is 17.9 Å². The Morgan fingerprint density at radius 3 is 2.50 bits per heavy atom. The zero-order valence-corrected chi connectivity index (χ0v) is 14.3. The molecule has 0 saturated carbocycles. The van der Waals surface area contributed by atoms with Crippen LogP contribution >= 0.6 is 11.6 Å². The molecule has 130 valence electrons. The molecule has 3 rings (SSSR count). The van der Waals surface area contributed by atoms with Crippen LogP contribution in [0.3, 0.4) is 0 Å². The number of nitrogens with zero attached hydrogens (tertiary/aromatic N) is 2. The van der Waals surface area contributed by atoms with Gasteiger partial charge < -0.3 is 19.9 Å². The molecule has 1 atom stereocenters. The highest BCUT2D eigenvalue weighted by molar-refractivity contribution is 6.30. The number of urea groups is 1. The lowest BCUT2D eigenvalue weighted by atomic mass is 9.96. The summed E-state index contributed by atoms with van der Waals surface area (Å²) in [5.41, 5.74) is 0.700. The van der Waals surface area contributed by atoms with Crippen molar-refractivity contribution in [2.75, 3.05) is 44.7 Å². The molecule has 24 heavy (non-hydrogen) atoms. The number of morpholine rings is 1. The van der Waals surface area contributed by atoms with Gasteiger partial charge in [0.15, 0.2) is 0 Å². The van der Waals surface area contributed by atoms with Gasteiger partial charge in [-0.05, 0) is 37.1 Å². The maximum atomic E-state index is 12.6. The molecule has 1 N–H and O–H groups in total. The fourth-order valence-corrected chi connectivity index (χ4v) is 3.27. The van der Waals surface area contributed by atoms with Gasteiger partial charge >= 0.3 is 6.03 Å². The third kappa shape index (κ3) is 4.19.